The van der Waals surface area contributed by atoms with Crippen LogP contribution in [0.4, 0.5) is 0 Å². The van der Waals surface area contributed by atoms with Gasteiger partial charge in [0.25, 0.3) is 0 Å². The van der Waals surface area contributed by atoms with E-state index < -0.39 is 0 Å². The van der Waals surface area contributed by atoms with Crippen LogP contribution in [0, 0.1) is 17.2 Å². The fourth-order valence-corrected chi connectivity index (χ4v) is 3.56. The SMILES string of the molecule is N#CC1CCCC1Sc1nncs1. The van der Waals surface area contributed by atoms with Crippen LogP contribution in [0.25, 0.3) is 0 Å². The molecule has 13 heavy (non-hydrogen) atoms. The Bertz CT molecular complexity index is 304. The first-order valence-corrected chi connectivity index (χ1v) is 5.98. The minimum absolute atomic E-state index is 0.217. The molecule has 2 unspecified atom stereocenters. The summed E-state index contributed by atoms with van der Waals surface area (Å²) in [5, 5.41) is 17.1. The zero-order valence-electron chi connectivity index (χ0n) is 7.01. The van der Waals surface area contributed by atoms with E-state index in [1.165, 1.54) is 6.42 Å². The number of thioether (sulfide) groups is 1. The van der Waals surface area contributed by atoms with Crippen molar-refractivity contribution in [2.75, 3.05) is 0 Å². The molecular formula is C8H9N3S2. The number of nitriles is 1. The molecule has 5 heteroatoms. The van der Waals surface area contributed by atoms with E-state index in [1.54, 1.807) is 28.6 Å². The zero-order chi connectivity index (χ0) is 9.10. The van der Waals surface area contributed by atoms with Gasteiger partial charge >= 0.3 is 0 Å². The lowest BCUT2D eigenvalue weighted by molar-refractivity contribution is 0.714. The highest BCUT2D eigenvalue weighted by atomic mass is 32.2. The fraction of sp³-hybridized carbons (Fsp3) is 0.625. The lowest BCUT2D eigenvalue weighted by atomic mass is 10.1. The van der Waals surface area contributed by atoms with E-state index in [2.05, 4.69) is 16.3 Å². The summed E-state index contributed by atoms with van der Waals surface area (Å²) >= 11 is 3.27. The van der Waals surface area contributed by atoms with Gasteiger partial charge in [0.2, 0.25) is 0 Å². The molecule has 2 rings (SSSR count). The first kappa shape index (κ1) is 8.97. The third-order valence-electron chi connectivity index (χ3n) is 2.21. The number of hydrogen-bond donors (Lipinski definition) is 0. The summed E-state index contributed by atoms with van der Waals surface area (Å²) in [6.07, 6.45) is 3.37. The molecule has 0 spiro atoms. The second kappa shape index (κ2) is 4.07. The van der Waals surface area contributed by atoms with Crippen molar-refractivity contribution in [3.05, 3.63) is 5.51 Å². The summed E-state index contributed by atoms with van der Waals surface area (Å²) in [5.74, 6) is 0.217. The van der Waals surface area contributed by atoms with Crippen LogP contribution in [-0.4, -0.2) is 15.4 Å². The molecule has 1 aliphatic carbocycles. The van der Waals surface area contributed by atoms with E-state index in [1.807, 2.05) is 0 Å². The molecule has 68 valence electrons. The number of aromatic nitrogens is 2. The fourth-order valence-electron chi connectivity index (χ4n) is 1.56. The van der Waals surface area contributed by atoms with E-state index in [-0.39, 0.29) is 5.92 Å². The van der Waals surface area contributed by atoms with Crippen LogP contribution in [0.15, 0.2) is 9.85 Å². The normalized spacial score (nSPS) is 27.3. The maximum Gasteiger partial charge on any atom is 0.174 e. The molecule has 1 fully saturated rings. The van der Waals surface area contributed by atoms with Gasteiger partial charge in [0.05, 0.1) is 12.0 Å². The summed E-state index contributed by atoms with van der Waals surface area (Å²) in [6.45, 7) is 0. The lowest BCUT2D eigenvalue weighted by Gasteiger charge is -2.09. The third-order valence-corrected chi connectivity index (χ3v) is 4.42. The molecule has 3 nitrogen and oxygen atoms in total. The minimum Gasteiger partial charge on any atom is -0.198 e. The van der Waals surface area contributed by atoms with Gasteiger partial charge in [0.1, 0.15) is 5.51 Å². The van der Waals surface area contributed by atoms with Gasteiger partial charge in [-0.1, -0.05) is 29.5 Å². The van der Waals surface area contributed by atoms with Crippen LogP contribution >= 0.6 is 23.1 Å². The Kier molecular flexibility index (Phi) is 2.81. The van der Waals surface area contributed by atoms with Crippen molar-refractivity contribution in [1.29, 1.82) is 5.26 Å². The highest BCUT2D eigenvalue weighted by molar-refractivity contribution is 8.01. The predicted molar refractivity (Wildman–Crippen MR) is 52.5 cm³/mol. The summed E-state index contributed by atoms with van der Waals surface area (Å²) in [4.78, 5) is 0. The summed E-state index contributed by atoms with van der Waals surface area (Å²) in [5.41, 5.74) is 1.73. The molecule has 0 bridgehead atoms. The zero-order valence-corrected chi connectivity index (χ0v) is 8.64. The van der Waals surface area contributed by atoms with Gasteiger partial charge in [-0.2, -0.15) is 5.26 Å². The predicted octanol–water partition coefficient (Wildman–Crippen LogP) is 2.32. The first-order valence-electron chi connectivity index (χ1n) is 4.22. The molecule has 1 aliphatic rings. The molecule has 1 saturated carbocycles. The molecule has 1 heterocycles. The Morgan fingerprint density at radius 1 is 1.62 bits per heavy atom. The first-order chi connectivity index (χ1) is 6.40. The van der Waals surface area contributed by atoms with Crippen LogP contribution in [0.1, 0.15) is 19.3 Å². The van der Waals surface area contributed by atoms with Crippen molar-refractivity contribution >= 4 is 23.1 Å². The van der Waals surface area contributed by atoms with Crippen molar-refractivity contribution in [3.63, 3.8) is 0 Å². The Balaban J connectivity index is 1.99. The third kappa shape index (κ3) is 2.01. The molecule has 0 radical (unpaired) electrons. The Morgan fingerprint density at radius 2 is 2.54 bits per heavy atom. The monoisotopic (exact) mass is 211 g/mol. The van der Waals surface area contributed by atoms with E-state index in [0.29, 0.717) is 5.25 Å². The van der Waals surface area contributed by atoms with Crippen molar-refractivity contribution < 1.29 is 0 Å². The van der Waals surface area contributed by atoms with Crippen LogP contribution in [0.2, 0.25) is 0 Å². The average molecular weight is 211 g/mol. The van der Waals surface area contributed by atoms with Crippen molar-refractivity contribution in [1.82, 2.24) is 10.2 Å². The largest absolute Gasteiger partial charge is 0.198 e. The van der Waals surface area contributed by atoms with Crippen molar-refractivity contribution in [2.45, 2.75) is 28.9 Å². The summed E-state index contributed by atoms with van der Waals surface area (Å²) < 4.78 is 0.993. The van der Waals surface area contributed by atoms with Crippen LogP contribution < -0.4 is 0 Å². The Labute approximate surface area is 85.2 Å². The number of nitrogens with zero attached hydrogens (tertiary/aromatic N) is 3. The van der Waals surface area contributed by atoms with Gasteiger partial charge in [0.15, 0.2) is 4.34 Å². The van der Waals surface area contributed by atoms with Gasteiger partial charge < -0.3 is 0 Å². The lowest BCUT2D eigenvalue weighted by Crippen LogP contribution is -2.06. The van der Waals surface area contributed by atoms with Crippen LogP contribution in [-0.2, 0) is 0 Å². The van der Waals surface area contributed by atoms with Crippen LogP contribution in [0.3, 0.4) is 0 Å². The molecule has 0 aromatic carbocycles. The summed E-state index contributed by atoms with van der Waals surface area (Å²) in [7, 11) is 0. The topological polar surface area (TPSA) is 49.6 Å². The van der Waals surface area contributed by atoms with E-state index in [4.69, 9.17) is 5.26 Å². The standard InChI is InChI=1S/C8H9N3S2/c9-4-6-2-1-3-7(6)13-8-11-10-5-12-8/h5-7H,1-3H2. The highest BCUT2D eigenvalue weighted by Gasteiger charge is 2.28. The van der Waals surface area contributed by atoms with Crippen molar-refractivity contribution in [3.8, 4) is 6.07 Å². The quantitative estimate of drug-likeness (QED) is 0.753. The maximum atomic E-state index is 8.87. The highest BCUT2D eigenvalue weighted by Crippen LogP contribution is 2.38. The molecule has 2 atom stereocenters. The molecule has 1 aromatic rings. The molecule has 0 amide bonds. The number of rotatable bonds is 2. The van der Waals surface area contributed by atoms with Gasteiger partial charge in [-0.15, -0.1) is 10.2 Å². The van der Waals surface area contributed by atoms with Gasteiger partial charge in [-0.05, 0) is 12.8 Å². The molecule has 1 aromatic heterocycles. The van der Waals surface area contributed by atoms with E-state index >= 15 is 0 Å². The van der Waals surface area contributed by atoms with Crippen molar-refractivity contribution in [2.24, 2.45) is 5.92 Å². The minimum atomic E-state index is 0.217. The van der Waals surface area contributed by atoms with Gasteiger partial charge in [-0.3, -0.25) is 0 Å². The second-order valence-corrected chi connectivity index (χ2v) is 5.35. The second-order valence-electron chi connectivity index (χ2n) is 3.03. The molecule has 0 saturated heterocycles. The van der Waals surface area contributed by atoms with E-state index in [0.717, 1.165) is 17.2 Å². The van der Waals surface area contributed by atoms with Gasteiger partial charge in [-0.25, -0.2) is 0 Å². The smallest absolute Gasteiger partial charge is 0.174 e. The Hall–Kier alpha value is -0.600. The average Bonchev–Trinajstić information content (AvgIpc) is 2.76. The maximum absolute atomic E-state index is 8.87. The number of hydrogen-bond acceptors (Lipinski definition) is 5. The molecular weight excluding hydrogens is 202 g/mol. The van der Waals surface area contributed by atoms with E-state index in [9.17, 15) is 0 Å². The summed E-state index contributed by atoms with van der Waals surface area (Å²) in [6, 6.07) is 2.36. The molecule has 0 N–H and O–H groups in total. The Morgan fingerprint density at radius 3 is 3.23 bits per heavy atom. The van der Waals surface area contributed by atoms with Gasteiger partial charge in [0, 0.05) is 5.25 Å². The molecule has 0 aliphatic heterocycles. The van der Waals surface area contributed by atoms with Crippen LogP contribution in [0.5, 0.6) is 0 Å².